The number of methoxy groups -OCH3 is 1. The second-order valence-corrected chi connectivity index (χ2v) is 5.19. The molecule has 19 heavy (non-hydrogen) atoms. The highest BCUT2D eigenvalue weighted by Crippen LogP contribution is 2.21. The maximum absolute atomic E-state index is 11.8. The lowest BCUT2D eigenvalue weighted by Crippen LogP contribution is -2.41. The van der Waals surface area contributed by atoms with E-state index in [4.69, 9.17) is 16.3 Å². The first kappa shape index (κ1) is 14.3. The highest BCUT2D eigenvalue weighted by atomic mass is 35.5. The van der Waals surface area contributed by atoms with E-state index in [1.54, 1.807) is 19.2 Å². The number of halogens is 1. The van der Waals surface area contributed by atoms with Crippen molar-refractivity contribution in [3.63, 3.8) is 0 Å². The zero-order chi connectivity index (χ0) is 13.7. The van der Waals surface area contributed by atoms with E-state index in [1.807, 2.05) is 12.1 Å². The van der Waals surface area contributed by atoms with Crippen LogP contribution < -0.4 is 10.6 Å². The summed E-state index contributed by atoms with van der Waals surface area (Å²) in [5.41, 5.74) is 0.717. The van der Waals surface area contributed by atoms with Crippen molar-refractivity contribution in [3.05, 3.63) is 29.3 Å². The average Bonchev–Trinajstić information content (AvgIpc) is 2.83. The van der Waals surface area contributed by atoms with Gasteiger partial charge in [-0.15, -0.1) is 0 Å². The van der Waals surface area contributed by atoms with Crippen molar-refractivity contribution in [2.24, 2.45) is 0 Å². The van der Waals surface area contributed by atoms with Crippen molar-refractivity contribution in [2.45, 2.75) is 31.4 Å². The summed E-state index contributed by atoms with van der Waals surface area (Å²) in [6.07, 6.45) is 3.48. The van der Waals surface area contributed by atoms with E-state index in [1.165, 1.54) is 0 Å². The van der Waals surface area contributed by atoms with Crippen molar-refractivity contribution in [2.75, 3.05) is 19.0 Å². The molecule has 2 unspecified atom stereocenters. The number of carbonyl (C=O) groups excluding carboxylic acids is 1. The number of carbonyl (C=O) groups is 1. The maximum Gasteiger partial charge on any atom is 0.238 e. The number of benzene rings is 1. The Morgan fingerprint density at radius 3 is 3.05 bits per heavy atom. The molecule has 0 aromatic heterocycles. The summed E-state index contributed by atoms with van der Waals surface area (Å²) in [5, 5.41) is 6.67. The predicted molar refractivity (Wildman–Crippen MR) is 76.5 cm³/mol. The quantitative estimate of drug-likeness (QED) is 0.872. The normalized spacial score (nSPS) is 22.4. The third-order valence-electron chi connectivity index (χ3n) is 3.39. The summed E-state index contributed by atoms with van der Waals surface area (Å²) in [6, 6.07) is 7.40. The first-order valence-electron chi connectivity index (χ1n) is 6.50. The molecular weight excluding hydrogens is 264 g/mol. The van der Waals surface area contributed by atoms with Crippen LogP contribution in [0.2, 0.25) is 5.02 Å². The van der Waals surface area contributed by atoms with Crippen LogP contribution in [0, 0.1) is 0 Å². The van der Waals surface area contributed by atoms with Gasteiger partial charge in [0.15, 0.2) is 0 Å². The zero-order valence-electron chi connectivity index (χ0n) is 11.0. The molecule has 1 amide bonds. The number of rotatable bonds is 5. The van der Waals surface area contributed by atoms with Crippen LogP contribution in [-0.4, -0.2) is 31.7 Å². The van der Waals surface area contributed by atoms with Crippen LogP contribution in [0.4, 0.5) is 5.69 Å². The molecule has 4 nitrogen and oxygen atoms in total. The van der Waals surface area contributed by atoms with Crippen LogP contribution in [0.5, 0.6) is 0 Å². The molecule has 2 atom stereocenters. The SMILES string of the molecule is COC1CCCC1NCC(=O)Nc1cccc(Cl)c1. The minimum absolute atomic E-state index is 0.0657. The molecule has 0 saturated heterocycles. The lowest BCUT2D eigenvalue weighted by molar-refractivity contribution is -0.115. The van der Waals surface area contributed by atoms with Gasteiger partial charge < -0.3 is 15.4 Å². The standard InChI is InChI=1S/C14H19ClN2O2/c1-19-13-7-3-6-12(13)16-9-14(18)17-11-5-2-4-10(15)8-11/h2,4-5,8,12-13,16H,3,6-7,9H2,1H3,(H,17,18). The molecule has 0 bridgehead atoms. The van der Waals surface area contributed by atoms with Crippen LogP contribution in [0.25, 0.3) is 0 Å². The Hall–Kier alpha value is -1.10. The number of ether oxygens (including phenoxy) is 1. The van der Waals surface area contributed by atoms with Crippen LogP contribution in [0.3, 0.4) is 0 Å². The lowest BCUT2D eigenvalue weighted by Gasteiger charge is -2.19. The highest BCUT2D eigenvalue weighted by molar-refractivity contribution is 6.30. The summed E-state index contributed by atoms with van der Waals surface area (Å²) in [7, 11) is 1.72. The summed E-state index contributed by atoms with van der Waals surface area (Å²) < 4.78 is 5.38. The topological polar surface area (TPSA) is 50.4 Å². The summed E-state index contributed by atoms with van der Waals surface area (Å²) in [5.74, 6) is -0.0657. The van der Waals surface area contributed by atoms with E-state index in [0.717, 1.165) is 19.3 Å². The number of hydrogen-bond acceptors (Lipinski definition) is 3. The Kier molecular flexibility index (Phi) is 5.19. The first-order chi connectivity index (χ1) is 9.19. The minimum Gasteiger partial charge on any atom is -0.380 e. The van der Waals surface area contributed by atoms with Gasteiger partial charge >= 0.3 is 0 Å². The summed E-state index contributed by atoms with van der Waals surface area (Å²) in [4.78, 5) is 11.8. The van der Waals surface area contributed by atoms with E-state index in [9.17, 15) is 4.79 Å². The minimum atomic E-state index is -0.0657. The van der Waals surface area contributed by atoms with E-state index in [2.05, 4.69) is 10.6 Å². The molecule has 0 radical (unpaired) electrons. The number of amides is 1. The van der Waals surface area contributed by atoms with E-state index < -0.39 is 0 Å². The fraction of sp³-hybridized carbons (Fsp3) is 0.500. The largest absolute Gasteiger partial charge is 0.380 e. The molecule has 2 N–H and O–H groups in total. The Labute approximate surface area is 118 Å². The second-order valence-electron chi connectivity index (χ2n) is 4.75. The average molecular weight is 283 g/mol. The molecule has 1 aromatic carbocycles. The highest BCUT2D eigenvalue weighted by Gasteiger charge is 2.26. The molecule has 1 fully saturated rings. The number of nitrogens with one attached hydrogen (secondary N) is 2. The van der Waals surface area contributed by atoms with Gasteiger partial charge in [0.05, 0.1) is 12.6 Å². The van der Waals surface area contributed by atoms with Gasteiger partial charge in [0.25, 0.3) is 0 Å². The van der Waals surface area contributed by atoms with Crippen molar-refractivity contribution in [1.82, 2.24) is 5.32 Å². The van der Waals surface area contributed by atoms with Crippen LogP contribution in [-0.2, 0) is 9.53 Å². The van der Waals surface area contributed by atoms with Gasteiger partial charge in [-0.25, -0.2) is 0 Å². The third kappa shape index (κ3) is 4.20. The molecule has 104 valence electrons. The molecule has 1 aromatic rings. The summed E-state index contributed by atoms with van der Waals surface area (Å²) in [6.45, 7) is 0.289. The molecular formula is C14H19ClN2O2. The van der Waals surface area contributed by atoms with Crippen molar-refractivity contribution in [1.29, 1.82) is 0 Å². The molecule has 0 spiro atoms. The third-order valence-corrected chi connectivity index (χ3v) is 3.62. The maximum atomic E-state index is 11.8. The van der Waals surface area contributed by atoms with Gasteiger partial charge in [-0.2, -0.15) is 0 Å². The van der Waals surface area contributed by atoms with E-state index in [-0.39, 0.29) is 24.6 Å². The number of anilines is 1. The van der Waals surface area contributed by atoms with Gasteiger partial charge in [0.1, 0.15) is 0 Å². The zero-order valence-corrected chi connectivity index (χ0v) is 11.7. The predicted octanol–water partition coefficient (Wildman–Crippen LogP) is 2.44. The van der Waals surface area contributed by atoms with Crippen LogP contribution >= 0.6 is 11.6 Å². The Bertz CT molecular complexity index is 439. The van der Waals surface area contributed by atoms with Crippen molar-refractivity contribution < 1.29 is 9.53 Å². The van der Waals surface area contributed by atoms with Gasteiger partial charge in [0, 0.05) is 23.9 Å². The van der Waals surface area contributed by atoms with Gasteiger partial charge in [-0.1, -0.05) is 17.7 Å². The molecule has 5 heteroatoms. The van der Waals surface area contributed by atoms with Gasteiger partial charge in [-0.3, -0.25) is 4.79 Å². The molecule has 2 rings (SSSR count). The van der Waals surface area contributed by atoms with Crippen LogP contribution in [0.1, 0.15) is 19.3 Å². The first-order valence-corrected chi connectivity index (χ1v) is 6.88. The van der Waals surface area contributed by atoms with Gasteiger partial charge in [0.2, 0.25) is 5.91 Å². The molecule has 1 aliphatic rings. The Morgan fingerprint density at radius 1 is 1.47 bits per heavy atom. The molecule has 1 aliphatic carbocycles. The van der Waals surface area contributed by atoms with Crippen LogP contribution in [0.15, 0.2) is 24.3 Å². The van der Waals surface area contributed by atoms with Crippen molar-refractivity contribution in [3.8, 4) is 0 Å². The van der Waals surface area contributed by atoms with Crippen molar-refractivity contribution >= 4 is 23.2 Å². The molecule has 0 aliphatic heterocycles. The smallest absolute Gasteiger partial charge is 0.238 e. The molecule has 0 heterocycles. The molecule has 1 saturated carbocycles. The fourth-order valence-electron chi connectivity index (χ4n) is 2.44. The summed E-state index contributed by atoms with van der Waals surface area (Å²) >= 11 is 5.86. The van der Waals surface area contributed by atoms with E-state index >= 15 is 0 Å². The Balaban J connectivity index is 1.78. The Morgan fingerprint density at radius 2 is 2.32 bits per heavy atom. The number of hydrogen-bond donors (Lipinski definition) is 2. The van der Waals surface area contributed by atoms with E-state index in [0.29, 0.717) is 10.7 Å². The second kappa shape index (κ2) is 6.89. The fourth-order valence-corrected chi connectivity index (χ4v) is 2.63. The van der Waals surface area contributed by atoms with Gasteiger partial charge in [-0.05, 0) is 37.5 Å². The monoisotopic (exact) mass is 282 g/mol. The lowest BCUT2D eigenvalue weighted by atomic mass is 10.2.